The number of hydrogen-bond acceptors (Lipinski definition) is 5. The third-order valence-electron chi connectivity index (χ3n) is 3.93. The van der Waals surface area contributed by atoms with Gasteiger partial charge in [-0.05, 0) is 52.0 Å². The zero-order chi connectivity index (χ0) is 21.4. The molecule has 1 fully saturated rings. The normalized spacial score (nSPS) is 15.5. The molecule has 8 nitrogen and oxygen atoms in total. The molecule has 1 amide bonds. The average molecular weight is 538 g/mol. The van der Waals surface area contributed by atoms with Gasteiger partial charge in [0.15, 0.2) is 5.96 Å². The van der Waals surface area contributed by atoms with E-state index in [1.165, 1.54) is 24.3 Å². The Morgan fingerprint density at radius 1 is 1.33 bits per heavy atom. The number of aliphatic imine (C=N–C) groups is 1. The molecule has 1 saturated heterocycles. The molecule has 0 spiro atoms. The van der Waals surface area contributed by atoms with Crippen LogP contribution >= 0.6 is 24.0 Å². The van der Waals surface area contributed by atoms with Gasteiger partial charge < -0.3 is 30.1 Å². The van der Waals surface area contributed by atoms with Gasteiger partial charge in [0.25, 0.3) is 0 Å². The molecule has 3 N–H and O–H groups in total. The Balaban J connectivity index is 0.00000450. The number of hydrogen-bond donors (Lipinski definition) is 3. The van der Waals surface area contributed by atoms with Crippen LogP contribution < -0.4 is 15.4 Å². The summed E-state index contributed by atoms with van der Waals surface area (Å²) >= 11 is 0. The number of nitrogens with zero attached hydrogens (tertiary/aromatic N) is 2. The minimum atomic E-state index is -0.810. The molecular weight excluding hydrogens is 506 g/mol. The summed E-state index contributed by atoms with van der Waals surface area (Å²) in [7, 11) is 0. The third-order valence-corrected chi connectivity index (χ3v) is 3.93. The zero-order valence-corrected chi connectivity index (χ0v) is 20.2. The van der Waals surface area contributed by atoms with E-state index in [-0.39, 0.29) is 55.1 Å². The number of aliphatic hydroxyl groups excluding tert-OH is 1. The van der Waals surface area contributed by atoms with Crippen LogP contribution in [0.4, 0.5) is 9.18 Å². The maximum atomic E-state index is 12.9. The van der Waals surface area contributed by atoms with Crippen molar-refractivity contribution in [1.82, 2.24) is 15.5 Å². The predicted molar refractivity (Wildman–Crippen MR) is 124 cm³/mol. The summed E-state index contributed by atoms with van der Waals surface area (Å²) in [5.74, 6) is 0.698. The van der Waals surface area contributed by atoms with Gasteiger partial charge in [0.2, 0.25) is 0 Å². The second kappa shape index (κ2) is 12.1. The number of benzene rings is 1. The highest BCUT2D eigenvalue weighted by Gasteiger charge is 2.34. The van der Waals surface area contributed by atoms with Crippen molar-refractivity contribution in [2.45, 2.75) is 45.4 Å². The van der Waals surface area contributed by atoms with Crippen molar-refractivity contribution in [1.29, 1.82) is 0 Å². The van der Waals surface area contributed by atoms with E-state index in [1.807, 2.05) is 27.7 Å². The van der Waals surface area contributed by atoms with Crippen LogP contribution in [-0.2, 0) is 4.74 Å². The number of halogens is 2. The zero-order valence-electron chi connectivity index (χ0n) is 17.9. The van der Waals surface area contributed by atoms with E-state index in [1.54, 1.807) is 4.90 Å². The molecular formula is C20H32FIN4O4. The molecule has 10 heteroatoms. The van der Waals surface area contributed by atoms with E-state index in [2.05, 4.69) is 15.6 Å². The summed E-state index contributed by atoms with van der Waals surface area (Å²) < 4.78 is 23.6. The van der Waals surface area contributed by atoms with Crippen LogP contribution in [0.15, 0.2) is 29.3 Å². The quantitative estimate of drug-likeness (QED) is 0.281. The Hall–Kier alpha value is -1.82. The van der Waals surface area contributed by atoms with Crippen molar-refractivity contribution in [3.8, 4) is 5.75 Å². The summed E-state index contributed by atoms with van der Waals surface area (Å²) in [5, 5.41) is 16.4. The standard InChI is InChI=1S/C20H31FN4O4.HI/c1-5-22-18(24-15-11-25(12-15)19(27)29-20(2,3)4)23-10-16(26)13-28-17-8-6-14(21)7-9-17;/h6-9,15-16,26H,5,10-13H2,1-4H3,(H2,22,23,24);1H. The predicted octanol–water partition coefficient (Wildman–Crippen LogP) is 2.36. The lowest BCUT2D eigenvalue weighted by Gasteiger charge is -2.40. The van der Waals surface area contributed by atoms with Gasteiger partial charge in [0.1, 0.15) is 29.9 Å². The molecule has 30 heavy (non-hydrogen) atoms. The van der Waals surface area contributed by atoms with Gasteiger partial charge in [0.05, 0.1) is 12.6 Å². The number of nitrogens with one attached hydrogen (secondary N) is 2. The summed E-state index contributed by atoms with van der Waals surface area (Å²) in [6, 6.07) is 5.67. The molecule has 0 bridgehead atoms. The number of guanidine groups is 1. The van der Waals surface area contributed by atoms with Crippen LogP contribution in [-0.4, -0.2) is 72.6 Å². The molecule has 1 heterocycles. The van der Waals surface area contributed by atoms with E-state index in [4.69, 9.17) is 9.47 Å². The number of carbonyl (C=O) groups excluding carboxylic acids is 1. The number of likely N-dealkylation sites (tertiary alicyclic amines) is 1. The van der Waals surface area contributed by atoms with Crippen LogP contribution in [0.1, 0.15) is 27.7 Å². The topological polar surface area (TPSA) is 95.4 Å². The second-order valence-corrected chi connectivity index (χ2v) is 7.86. The fraction of sp³-hybridized carbons (Fsp3) is 0.600. The lowest BCUT2D eigenvalue weighted by molar-refractivity contribution is 0.00700. The Morgan fingerprint density at radius 3 is 2.53 bits per heavy atom. The smallest absolute Gasteiger partial charge is 0.410 e. The largest absolute Gasteiger partial charge is 0.491 e. The number of amides is 1. The Bertz CT molecular complexity index is 691. The van der Waals surface area contributed by atoms with Crippen LogP contribution in [0.5, 0.6) is 5.75 Å². The van der Waals surface area contributed by atoms with Gasteiger partial charge >= 0.3 is 6.09 Å². The summed E-state index contributed by atoms with van der Waals surface area (Å²) in [5.41, 5.74) is -0.516. The van der Waals surface area contributed by atoms with Gasteiger partial charge in [-0.3, -0.25) is 4.99 Å². The van der Waals surface area contributed by atoms with Crippen LogP contribution in [0.25, 0.3) is 0 Å². The molecule has 1 aliphatic rings. The first-order valence-corrected chi connectivity index (χ1v) is 9.75. The highest BCUT2D eigenvalue weighted by atomic mass is 127. The summed E-state index contributed by atoms with van der Waals surface area (Å²) in [4.78, 5) is 18.0. The maximum Gasteiger partial charge on any atom is 0.410 e. The lowest BCUT2D eigenvalue weighted by Crippen LogP contribution is -2.63. The van der Waals surface area contributed by atoms with Crippen LogP contribution in [0, 0.1) is 5.82 Å². The number of rotatable bonds is 7. The molecule has 0 aromatic heterocycles. The molecule has 0 radical (unpaired) electrons. The van der Waals surface area contributed by atoms with E-state index in [9.17, 15) is 14.3 Å². The summed E-state index contributed by atoms with van der Waals surface area (Å²) in [6.07, 6.45) is -1.14. The Morgan fingerprint density at radius 2 is 1.97 bits per heavy atom. The van der Waals surface area contributed by atoms with Crippen molar-refractivity contribution < 1.29 is 23.8 Å². The third kappa shape index (κ3) is 9.33. The summed E-state index contributed by atoms with van der Waals surface area (Å²) in [6.45, 7) is 9.34. The highest BCUT2D eigenvalue weighted by Crippen LogP contribution is 2.15. The van der Waals surface area contributed by atoms with E-state index >= 15 is 0 Å². The van der Waals surface area contributed by atoms with Crippen molar-refractivity contribution in [2.24, 2.45) is 4.99 Å². The maximum absolute atomic E-state index is 12.9. The average Bonchev–Trinajstić information content (AvgIpc) is 2.60. The molecule has 0 aliphatic carbocycles. The van der Waals surface area contributed by atoms with E-state index in [0.717, 1.165) is 0 Å². The van der Waals surface area contributed by atoms with Crippen LogP contribution in [0.3, 0.4) is 0 Å². The Labute approximate surface area is 194 Å². The molecule has 1 aliphatic heterocycles. The van der Waals surface area contributed by atoms with Gasteiger partial charge in [-0.15, -0.1) is 24.0 Å². The number of aliphatic hydroxyl groups is 1. The van der Waals surface area contributed by atoms with Crippen molar-refractivity contribution >= 4 is 36.0 Å². The van der Waals surface area contributed by atoms with Crippen molar-refractivity contribution in [3.63, 3.8) is 0 Å². The molecule has 2 rings (SSSR count). The van der Waals surface area contributed by atoms with Crippen LogP contribution in [0.2, 0.25) is 0 Å². The second-order valence-electron chi connectivity index (χ2n) is 7.86. The molecule has 0 saturated carbocycles. The molecule has 1 atom stereocenters. The lowest BCUT2D eigenvalue weighted by atomic mass is 10.1. The first-order chi connectivity index (χ1) is 13.7. The minimum absolute atomic E-state index is 0. The first-order valence-electron chi connectivity index (χ1n) is 9.75. The fourth-order valence-electron chi connectivity index (χ4n) is 2.53. The highest BCUT2D eigenvalue weighted by molar-refractivity contribution is 14.0. The number of carbonyl (C=O) groups is 1. The monoisotopic (exact) mass is 538 g/mol. The van der Waals surface area contributed by atoms with Gasteiger partial charge in [-0.25, -0.2) is 9.18 Å². The SMILES string of the molecule is CCNC(=NCC(O)COc1ccc(F)cc1)NC1CN(C(=O)OC(C)(C)C)C1.I. The van der Waals surface area contributed by atoms with Crippen molar-refractivity contribution in [2.75, 3.05) is 32.8 Å². The molecule has 1 unspecified atom stereocenters. The van der Waals surface area contributed by atoms with Crippen molar-refractivity contribution in [3.05, 3.63) is 30.1 Å². The molecule has 1 aromatic rings. The minimum Gasteiger partial charge on any atom is -0.491 e. The van der Waals surface area contributed by atoms with Gasteiger partial charge in [-0.2, -0.15) is 0 Å². The van der Waals surface area contributed by atoms with E-state index < -0.39 is 11.7 Å². The molecule has 1 aromatic carbocycles. The number of ether oxygens (including phenoxy) is 2. The first kappa shape index (κ1) is 26.2. The molecule has 170 valence electrons. The van der Waals surface area contributed by atoms with Gasteiger partial charge in [0, 0.05) is 19.6 Å². The van der Waals surface area contributed by atoms with E-state index in [0.29, 0.717) is 31.3 Å². The fourth-order valence-corrected chi connectivity index (χ4v) is 2.53. The van der Waals surface area contributed by atoms with Gasteiger partial charge in [-0.1, -0.05) is 0 Å². The Kier molecular flexibility index (Phi) is 10.6.